The quantitative estimate of drug-likeness (QED) is 0.191. The number of esters is 2. The number of hydrogen-bond acceptors (Lipinski definition) is 10. The molecule has 2 aliphatic rings. The second kappa shape index (κ2) is 17.4. The highest BCUT2D eigenvalue weighted by Crippen LogP contribution is 2.41. The van der Waals surface area contributed by atoms with Crippen LogP contribution in [0.4, 0.5) is 0 Å². The first-order chi connectivity index (χ1) is 25.2. The first-order valence-electron chi connectivity index (χ1n) is 19.7. The number of methoxy groups -OCH3 is 1. The van der Waals surface area contributed by atoms with Crippen LogP contribution >= 0.6 is 0 Å². The summed E-state index contributed by atoms with van der Waals surface area (Å²) >= 11 is 0. The maximum absolute atomic E-state index is 11.8. The van der Waals surface area contributed by atoms with Gasteiger partial charge < -0.3 is 29.2 Å². The van der Waals surface area contributed by atoms with Crippen molar-refractivity contribution in [2.75, 3.05) is 20.3 Å². The molecule has 306 valence electrons. The topological polar surface area (TPSA) is 136 Å². The lowest BCUT2D eigenvalue weighted by molar-refractivity contribution is -0.176. The van der Waals surface area contributed by atoms with E-state index in [0.717, 1.165) is 66.7 Å². The molecule has 0 fully saturated rings. The van der Waals surface area contributed by atoms with Crippen LogP contribution in [0.5, 0.6) is 11.5 Å². The van der Waals surface area contributed by atoms with Gasteiger partial charge in [-0.15, -0.1) is 0 Å². The van der Waals surface area contributed by atoms with Crippen LogP contribution < -0.4 is 0 Å². The van der Waals surface area contributed by atoms with Crippen molar-refractivity contribution < 1.29 is 38.7 Å². The minimum atomic E-state index is -1.21. The second-order valence-electron chi connectivity index (χ2n) is 19.0. The van der Waals surface area contributed by atoms with Crippen molar-refractivity contribution in [2.45, 2.75) is 169 Å². The van der Waals surface area contributed by atoms with Crippen LogP contribution in [0.3, 0.4) is 0 Å². The van der Waals surface area contributed by atoms with Gasteiger partial charge in [0.2, 0.25) is 5.72 Å². The number of benzene rings is 2. The number of aryl methyl sites for hydroxylation is 2. The summed E-state index contributed by atoms with van der Waals surface area (Å²) in [6.45, 7) is 30.1. The zero-order valence-electron chi connectivity index (χ0n) is 36.3. The van der Waals surface area contributed by atoms with E-state index >= 15 is 0 Å². The molecule has 0 aliphatic carbocycles. The van der Waals surface area contributed by atoms with E-state index in [-0.39, 0.29) is 28.3 Å². The number of aromatic hydroxyl groups is 2. The number of ether oxygens (including phenoxy) is 4. The van der Waals surface area contributed by atoms with E-state index in [1.54, 1.807) is 0 Å². The molecule has 4 rings (SSSR count). The zero-order valence-corrected chi connectivity index (χ0v) is 36.3. The maximum Gasteiger partial charge on any atom is 0.419 e. The van der Waals surface area contributed by atoms with E-state index in [2.05, 4.69) is 117 Å². The van der Waals surface area contributed by atoms with Crippen LogP contribution in [-0.4, -0.2) is 66.0 Å². The Bertz CT molecular complexity index is 1680. The predicted molar refractivity (Wildman–Crippen MR) is 220 cm³/mol. The maximum atomic E-state index is 11.8. The SMILES string of the molecule is CCC1(OC(=O)C(=O)OC)COC(CCc2cc(C(C)(C)C)c(O)c(C(C)(C)C)c2)=N1.CCC1COC(CCc2cc(C(C)(C)C)c(O)c(C(C)(C)C)c2)=N1. The lowest BCUT2D eigenvalue weighted by atomic mass is 9.78. The number of nitrogens with zero attached hydrogens (tertiary/aromatic N) is 2. The fourth-order valence-electron chi connectivity index (χ4n) is 6.50. The van der Waals surface area contributed by atoms with Gasteiger partial charge in [-0.05, 0) is 74.3 Å². The first-order valence-corrected chi connectivity index (χ1v) is 19.7. The summed E-state index contributed by atoms with van der Waals surface area (Å²) in [5.74, 6) is -0.00459. The highest BCUT2D eigenvalue weighted by Gasteiger charge is 2.41. The molecule has 10 nitrogen and oxygen atoms in total. The summed E-state index contributed by atoms with van der Waals surface area (Å²) in [6.07, 6.45) is 4.29. The highest BCUT2D eigenvalue weighted by atomic mass is 16.6. The summed E-state index contributed by atoms with van der Waals surface area (Å²) in [4.78, 5) is 32.3. The Morgan fingerprint density at radius 1 is 0.691 bits per heavy atom. The van der Waals surface area contributed by atoms with E-state index in [4.69, 9.17) is 14.2 Å². The summed E-state index contributed by atoms with van der Waals surface area (Å²) in [5.41, 5.74) is 4.36. The minimum absolute atomic E-state index is 0.0671. The summed E-state index contributed by atoms with van der Waals surface area (Å²) < 4.78 is 21.1. The lowest BCUT2D eigenvalue weighted by Crippen LogP contribution is -2.37. The molecule has 0 amide bonds. The van der Waals surface area contributed by atoms with Crippen molar-refractivity contribution in [1.82, 2.24) is 0 Å². The summed E-state index contributed by atoms with van der Waals surface area (Å²) in [6, 6.07) is 8.69. The van der Waals surface area contributed by atoms with E-state index in [1.807, 2.05) is 19.1 Å². The third kappa shape index (κ3) is 12.0. The fourth-order valence-corrected chi connectivity index (χ4v) is 6.50. The average Bonchev–Trinajstić information content (AvgIpc) is 3.72. The Balaban J connectivity index is 0.000000305. The number of phenols is 2. The minimum Gasteiger partial charge on any atom is -0.507 e. The Morgan fingerprint density at radius 2 is 1.11 bits per heavy atom. The van der Waals surface area contributed by atoms with Gasteiger partial charge in [-0.2, -0.15) is 0 Å². The van der Waals surface area contributed by atoms with Crippen molar-refractivity contribution in [3.05, 3.63) is 57.6 Å². The normalized spacial score (nSPS) is 18.7. The third-order valence-corrected chi connectivity index (χ3v) is 10.0. The van der Waals surface area contributed by atoms with Crippen LogP contribution in [0.15, 0.2) is 34.3 Å². The fraction of sp³-hybridized carbons (Fsp3) is 0.644. The smallest absolute Gasteiger partial charge is 0.419 e. The van der Waals surface area contributed by atoms with Crippen molar-refractivity contribution in [1.29, 1.82) is 0 Å². The van der Waals surface area contributed by atoms with Crippen molar-refractivity contribution in [3.8, 4) is 11.5 Å². The molecule has 2 atom stereocenters. The van der Waals surface area contributed by atoms with Gasteiger partial charge in [0.25, 0.3) is 0 Å². The Labute approximate surface area is 330 Å². The molecule has 0 saturated heterocycles. The molecule has 0 spiro atoms. The molecule has 0 saturated carbocycles. The molecule has 10 heteroatoms. The molecule has 2 unspecified atom stereocenters. The van der Waals surface area contributed by atoms with Crippen LogP contribution in [0.2, 0.25) is 0 Å². The molecule has 2 aliphatic heterocycles. The lowest BCUT2D eigenvalue weighted by Gasteiger charge is -2.28. The molecule has 0 bridgehead atoms. The Hall–Kier alpha value is -4.08. The van der Waals surface area contributed by atoms with Gasteiger partial charge in [0.15, 0.2) is 18.4 Å². The van der Waals surface area contributed by atoms with Crippen LogP contribution in [0, 0.1) is 0 Å². The molecule has 2 aromatic carbocycles. The highest BCUT2D eigenvalue weighted by molar-refractivity contribution is 6.29. The number of carbonyl (C=O) groups is 2. The van der Waals surface area contributed by atoms with Crippen LogP contribution in [0.25, 0.3) is 0 Å². The summed E-state index contributed by atoms with van der Waals surface area (Å²) in [5, 5.41) is 21.7. The van der Waals surface area contributed by atoms with Crippen LogP contribution in [-0.2, 0) is 63.0 Å². The van der Waals surface area contributed by atoms with Gasteiger partial charge in [0.05, 0.1) is 13.2 Å². The number of carbonyl (C=O) groups excluding carboxylic acids is 2. The van der Waals surface area contributed by atoms with Crippen molar-refractivity contribution >= 4 is 23.7 Å². The third-order valence-electron chi connectivity index (χ3n) is 10.0. The van der Waals surface area contributed by atoms with Gasteiger partial charge in [0.1, 0.15) is 18.1 Å². The van der Waals surface area contributed by atoms with Crippen molar-refractivity contribution in [2.24, 2.45) is 9.98 Å². The Kier molecular flexibility index (Phi) is 14.3. The molecule has 2 heterocycles. The van der Waals surface area contributed by atoms with Gasteiger partial charge in [0, 0.05) is 19.3 Å². The van der Waals surface area contributed by atoms with Gasteiger partial charge in [-0.3, -0.25) is 0 Å². The molecule has 2 aromatic rings. The van der Waals surface area contributed by atoms with E-state index in [1.165, 1.54) is 5.56 Å². The molecule has 0 aromatic heterocycles. The molecular weight excluding hydrogens is 697 g/mol. The van der Waals surface area contributed by atoms with E-state index in [9.17, 15) is 19.8 Å². The molecule has 55 heavy (non-hydrogen) atoms. The van der Waals surface area contributed by atoms with E-state index < -0.39 is 17.7 Å². The van der Waals surface area contributed by atoms with Gasteiger partial charge in [-0.25, -0.2) is 19.6 Å². The largest absolute Gasteiger partial charge is 0.507 e. The average molecular weight is 765 g/mol. The van der Waals surface area contributed by atoms with Crippen LogP contribution in [0.1, 0.15) is 156 Å². The molecule has 2 N–H and O–H groups in total. The summed E-state index contributed by atoms with van der Waals surface area (Å²) in [7, 11) is 1.12. The van der Waals surface area contributed by atoms with Gasteiger partial charge in [-0.1, -0.05) is 121 Å². The number of aliphatic imine (C=N–C) groups is 2. The first kappa shape index (κ1) is 45.3. The molecule has 0 radical (unpaired) electrons. The number of rotatable bonds is 9. The zero-order chi connectivity index (χ0) is 41.7. The molecular formula is C45H68N2O8. The van der Waals surface area contributed by atoms with Gasteiger partial charge >= 0.3 is 11.9 Å². The predicted octanol–water partition coefficient (Wildman–Crippen LogP) is 9.30. The Morgan fingerprint density at radius 3 is 1.45 bits per heavy atom. The van der Waals surface area contributed by atoms with Crippen molar-refractivity contribution in [3.63, 3.8) is 0 Å². The second-order valence-corrected chi connectivity index (χ2v) is 19.0. The van der Waals surface area contributed by atoms with E-state index in [0.29, 0.717) is 42.7 Å². The standard InChI is InChI=1S/C24H35NO6.C21H33NO2/c1-9-24(31-21(28)20(27)29-8)14-30-18(25-24)11-10-15-12-16(22(2,3)4)19(26)17(13-15)23(5,6)7;1-8-15-13-24-18(22-15)10-9-14-11-16(20(2,3)4)19(23)17(12-14)21(5,6)7/h12-13,26H,9-11,14H2,1-8H3;11-12,15,23H,8-10,13H2,1-7H3. The monoisotopic (exact) mass is 764 g/mol. The number of hydrogen-bond donors (Lipinski definition) is 2. The number of phenolic OH excluding ortho intramolecular Hbond substituents is 2.